The highest BCUT2D eigenvalue weighted by atomic mass is 32.2. The zero-order valence-corrected chi connectivity index (χ0v) is 24.9. The number of aromatic nitrogens is 1. The van der Waals surface area contributed by atoms with Crippen molar-refractivity contribution in [2.24, 2.45) is 5.14 Å². The highest BCUT2D eigenvalue weighted by molar-refractivity contribution is 7.98. The number of benzene rings is 3. The molecule has 11 heteroatoms. The third-order valence-corrected chi connectivity index (χ3v) is 7.66. The van der Waals surface area contributed by atoms with Gasteiger partial charge in [0.2, 0.25) is 10.0 Å². The summed E-state index contributed by atoms with van der Waals surface area (Å²) in [6, 6.07) is 23.9. The standard InChI is InChI=1S/C25H26N2O4S.C6H7NO2S/c1-17-6-3-4-8-20(17)22-14-18(16-31-19-7-5-12-26-15-19)9-10-21(22)24(28)27-23(25(29)30)11-13-32-2;7-10(8,9)6-4-2-1-3-5-6/h3-10,12,14-15,23H,11,13,16H2,1-2H3,(H,27,28)(H,29,30);1-5H,(H2,7,8,9)/t23-;/m0./s1. The number of hydrogen-bond donors (Lipinski definition) is 3. The number of rotatable bonds is 11. The van der Waals surface area contributed by atoms with E-state index in [1.54, 1.807) is 54.5 Å². The fraction of sp³-hybridized carbons (Fsp3) is 0.194. The number of nitrogens with zero attached hydrogens (tertiary/aromatic N) is 1. The lowest BCUT2D eigenvalue weighted by Gasteiger charge is -2.18. The summed E-state index contributed by atoms with van der Waals surface area (Å²) >= 11 is 1.54. The second-order valence-corrected chi connectivity index (χ2v) is 11.7. The van der Waals surface area contributed by atoms with Crippen molar-refractivity contribution in [2.75, 3.05) is 12.0 Å². The van der Waals surface area contributed by atoms with Gasteiger partial charge in [0.25, 0.3) is 5.91 Å². The Morgan fingerprint density at radius 2 is 1.71 bits per heavy atom. The third kappa shape index (κ3) is 9.72. The first-order valence-electron chi connectivity index (χ1n) is 12.9. The number of nitrogens with two attached hydrogens (primary N) is 1. The number of aryl methyl sites for hydroxylation is 1. The normalized spacial score (nSPS) is 11.5. The monoisotopic (exact) mass is 607 g/mol. The van der Waals surface area contributed by atoms with Crippen LogP contribution in [-0.4, -0.2) is 48.4 Å². The van der Waals surface area contributed by atoms with Gasteiger partial charge >= 0.3 is 5.97 Å². The molecule has 4 rings (SSSR count). The number of carboxylic acid groups (broad SMARTS) is 1. The van der Waals surface area contributed by atoms with E-state index in [2.05, 4.69) is 10.3 Å². The van der Waals surface area contributed by atoms with Gasteiger partial charge in [-0.05, 0) is 84.0 Å². The number of carboxylic acids is 1. The number of thioether (sulfide) groups is 1. The number of carbonyl (C=O) groups is 2. The van der Waals surface area contributed by atoms with Gasteiger partial charge in [-0.25, -0.2) is 18.4 Å². The molecule has 0 fully saturated rings. The highest BCUT2D eigenvalue weighted by Gasteiger charge is 2.22. The van der Waals surface area contributed by atoms with Gasteiger partial charge in [-0.15, -0.1) is 0 Å². The summed E-state index contributed by atoms with van der Waals surface area (Å²) in [5.41, 5.74) is 3.99. The maximum Gasteiger partial charge on any atom is 0.326 e. The third-order valence-electron chi connectivity index (χ3n) is 6.09. The topological polar surface area (TPSA) is 149 Å². The maximum absolute atomic E-state index is 13.1. The van der Waals surface area contributed by atoms with E-state index in [9.17, 15) is 23.1 Å². The van der Waals surface area contributed by atoms with E-state index in [1.807, 2.05) is 55.6 Å². The maximum atomic E-state index is 13.1. The summed E-state index contributed by atoms with van der Waals surface area (Å²) in [4.78, 5) is 28.9. The van der Waals surface area contributed by atoms with E-state index in [0.29, 0.717) is 30.1 Å². The molecular weight excluding hydrogens is 574 g/mol. The van der Waals surface area contributed by atoms with Crippen molar-refractivity contribution in [3.8, 4) is 16.9 Å². The Kier molecular flexibility index (Phi) is 12.1. The molecule has 1 aromatic heterocycles. The van der Waals surface area contributed by atoms with Gasteiger partial charge < -0.3 is 15.2 Å². The molecule has 4 N–H and O–H groups in total. The minimum absolute atomic E-state index is 0.148. The van der Waals surface area contributed by atoms with Gasteiger partial charge in [0.05, 0.1) is 11.1 Å². The summed E-state index contributed by atoms with van der Waals surface area (Å²) in [6.45, 7) is 2.30. The molecule has 3 aromatic carbocycles. The van der Waals surface area contributed by atoms with Crippen LogP contribution in [0.2, 0.25) is 0 Å². The van der Waals surface area contributed by atoms with Gasteiger partial charge in [-0.1, -0.05) is 48.5 Å². The highest BCUT2D eigenvalue weighted by Crippen LogP contribution is 2.29. The number of hydrogen-bond acceptors (Lipinski definition) is 7. The second-order valence-electron chi connectivity index (χ2n) is 9.18. The molecule has 0 unspecified atom stereocenters. The number of amides is 1. The van der Waals surface area contributed by atoms with Crippen LogP contribution in [-0.2, 0) is 21.4 Å². The molecule has 0 saturated carbocycles. The molecule has 0 saturated heterocycles. The molecule has 0 aliphatic rings. The molecule has 4 aromatic rings. The van der Waals surface area contributed by atoms with Crippen molar-refractivity contribution in [1.29, 1.82) is 0 Å². The Bertz CT molecular complexity index is 1580. The summed E-state index contributed by atoms with van der Waals surface area (Å²) in [5.74, 6) is -0.139. The van der Waals surface area contributed by atoms with E-state index in [-0.39, 0.29) is 4.90 Å². The predicted octanol–water partition coefficient (Wildman–Crippen LogP) is 4.91. The van der Waals surface area contributed by atoms with Crippen molar-refractivity contribution < 1.29 is 27.9 Å². The Hall–Kier alpha value is -4.19. The van der Waals surface area contributed by atoms with Gasteiger partial charge in [0, 0.05) is 11.8 Å². The van der Waals surface area contributed by atoms with Crippen LogP contribution in [0.3, 0.4) is 0 Å². The molecule has 42 heavy (non-hydrogen) atoms. The Morgan fingerprint density at radius 3 is 2.31 bits per heavy atom. The van der Waals surface area contributed by atoms with Gasteiger partial charge in [0.15, 0.2) is 0 Å². The zero-order valence-electron chi connectivity index (χ0n) is 23.3. The van der Waals surface area contributed by atoms with Crippen LogP contribution in [0.4, 0.5) is 0 Å². The lowest BCUT2D eigenvalue weighted by atomic mass is 9.93. The molecule has 1 heterocycles. The van der Waals surface area contributed by atoms with Gasteiger partial charge in [-0.3, -0.25) is 9.78 Å². The molecule has 9 nitrogen and oxygen atoms in total. The van der Waals surface area contributed by atoms with Crippen LogP contribution < -0.4 is 15.2 Å². The molecule has 1 atom stereocenters. The quantitative estimate of drug-likeness (QED) is 0.218. The van der Waals surface area contributed by atoms with E-state index in [0.717, 1.165) is 22.3 Å². The van der Waals surface area contributed by atoms with Crippen molar-refractivity contribution in [1.82, 2.24) is 10.3 Å². The van der Waals surface area contributed by atoms with E-state index in [4.69, 9.17) is 9.88 Å². The number of sulfonamides is 1. The lowest BCUT2D eigenvalue weighted by molar-refractivity contribution is -0.139. The number of pyridine rings is 1. The van der Waals surface area contributed by atoms with Crippen molar-refractivity contribution in [3.63, 3.8) is 0 Å². The first-order chi connectivity index (χ1) is 20.1. The SMILES string of the molecule is CSCC[C@H](NC(=O)c1ccc(COc2cccnc2)cc1-c1ccccc1C)C(=O)O.NS(=O)(=O)c1ccccc1. The van der Waals surface area contributed by atoms with Crippen LogP contribution in [0.5, 0.6) is 5.75 Å². The number of ether oxygens (including phenoxy) is 1. The summed E-state index contributed by atoms with van der Waals surface area (Å²) in [5, 5.41) is 17.0. The average molecular weight is 608 g/mol. The van der Waals surface area contributed by atoms with Crippen LogP contribution in [0, 0.1) is 6.92 Å². The zero-order chi connectivity index (χ0) is 30.5. The smallest absolute Gasteiger partial charge is 0.326 e. The van der Waals surface area contributed by atoms with E-state index < -0.39 is 27.9 Å². The second kappa shape index (κ2) is 15.7. The van der Waals surface area contributed by atoms with Gasteiger partial charge in [0.1, 0.15) is 18.4 Å². The fourth-order valence-corrected chi connectivity index (χ4v) is 4.92. The van der Waals surface area contributed by atoms with Crippen molar-refractivity contribution in [3.05, 3.63) is 114 Å². The van der Waals surface area contributed by atoms with Crippen LogP contribution in [0.15, 0.2) is 102 Å². The van der Waals surface area contributed by atoms with Gasteiger partial charge in [-0.2, -0.15) is 11.8 Å². The summed E-state index contributed by atoms with van der Waals surface area (Å²) in [6.07, 6.45) is 5.59. The number of nitrogens with one attached hydrogen (secondary N) is 1. The van der Waals surface area contributed by atoms with Crippen LogP contribution in [0.25, 0.3) is 11.1 Å². The minimum atomic E-state index is -3.50. The summed E-state index contributed by atoms with van der Waals surface area (Å²) in [7, 11) is -3.50. The molecule has 0 bridgehead atoms. The molecule has 0 aliphatic heterocycles. The van der Waals surface area contributed by atoms with E-state index in [1.165, 1.54) is 12.1 Å². The lowest BCUT2D eigenvalue weighted by Crippen LogP contribution is -2.41. The predicted molar refractivity (Wildman–Crippen MR) is 165 cm³/mol. The molecule has 0 radical (unpaired) electrons. The molecule has 1 amide bonds. The average Bonchev–Trinajstić information content (AvgIpc) is 2.99. The first-order valence-corrected chi connectivity index (χ1v) is 15.9. The number of primary sulfonamides is 1. The first kappa shape index (κ1) is 32.3. The van der Waals surface area contributed by atoms with E-state index >= 15 is 0 Å². The molecule has 0 spiro atoms. The van der Waals surface area contributed by atoms with Crippen molar-refractivity contribution in [2.45, 2.75) is 30.9 Å². The summed E-state index contributed by atoms with van der Waals surface area (Å²) < 4.78 is 27.0. The van der Waals surface area contributed by atoms with Crippen LogP contribution >= 0.6 is 11.8 Å². The molecule has 220 valence electrons. The largest absolute Gasteiger partial charge is 0.487 e. The Morgan fingerprint density at radius 1 is 1.00 bits per heavy atom. The molecule has 0 aliphatic carbocycles. The Balaban J connectivity index is 0.000000408. The number of aliphatic carboxylic acids is 1. The molecular formula is C31H33N3O6S2. The number of carbonyl (C=O) groups excluding carboxylic acids is 1. The minimum Gasteiger partial charge on any atom is -0.487 e. The van der Waals surface area contributed by atoms with Crippen LogP contribution in [0.1, 0.15) is 27.9 Å². The van der Waals surface area contributed by atoms with Crippen molar-refractivity contribution >= 4 is 33.7 Å². The Labute approximate surface area is 250 Å². The fourth-order valence-electron chi connectivity index (χ4n) is 3.92.